The molecule has 1 N–H and O–H groups in total. The van der Waals surface area contributed by atoms with Crippen LogP contribution in [0.1, 0.15) is 118 Å². The second kappa shape index (κ2) is 8.72. The Kier molecular flexibility index (Phi) is 6.17. The third kappa shape index (κ3) is 3.48. The van der Waals surface area contributed by atoms with Gasteiger partial charge >= 0.3 is 0 Å². The molecule has 1 aromatic carbocycles. The van der Waals surface area contributed by atoms with Crippen LogP contribution in [0.4, 0.5) is 4.39 Å². The SMILES string of the molecule is C=C(C)[C@@H]1CC[C@]2(CC)CC[C@]3(C)[C@H](CC[C@@H]4[C@@]5(C)CC=C(c6ccc(O)c(F)c6)C(C)(C)[C@@H]5CC[C@]43C)[C@@H]12. The van der Waals surface area contributed by atoms with Crippen LogP contribution in [-0.2, 0) is 0 Å². The highest BCUT2D eigenvalue weighted by Gasteiger charge is 2.70. The number of allylic oxidation sites excluding steroid dienone is 3. The minimum absolute atomic E-state index is 0.0318. The fraction of sp³-hybridized carbons (Fsp3) is 0.730. The molecule has 5 aliphatic carbocycles. The summed E-state index contributed by atoms with van der Waals surface area (Å²) in [7, 11) is 0. The van der Waals surface area contributed by atoms with Crippen molar-refractivity contribution in [3.8, 4) is 5.75 Å². The minimum atomic E-state index is -0.513. The Hall–Kier alpha value is -1.57. The molecule has 6 rings (SSSR count). The van der Waals surface area contributed by atoms with E-state index >= 15 is 0 Å². The van der Waals surface area contributed by atoms with Crippen molar-refractivity contribution in [2.75, 3.05) is 0 Å². The minimum Gasteiger partial charge on any atom is -0.505 e. The lowest BCUT2D eigenvalue weighted by Crippen LogP contribution is -2.65. The zero-order valence-electron chi connectivity index (χ0n) is 25.8. The molecule has 214 valence electrons. The van der Waals surface area contributed by atoms with Crippen molar-refractivity contribution in [1.29, 1.82) is 0 Å². The Balaban J connectivity index is 1.38. The number of phenolic OH excluding ortho intramolecular Hbond substituents is 1. The van der Waals surface area contributed by atoms with E-state index in [1.54, 1.807) is 6.07 Å². The molecule has 2 heteroatoms. The van der Waals surface area contributed by atoms with Crippen molar-refractivity contribution in [3.63, 3.8) is 0 Å². The summed E-state index contributed by atoms with van der Waals surface area (Å²) in [5.74, 6) is 2.88. The van der Waals surface area contributed by atoms with Crippen LogP contribution in [0.2, 0.25) is 0 Å². The number of rotatable bonds is 3. The van der Waals surface area contributed by atoms with Crippen LogP contribution in [0.25, 0.3) is 5.57 Å². The number of halogens is 1. The molecule has 0 amide bonds. The van der Waals surface area contributed by atoms with E-state index in [9.17, 15) is 9.50 Å². The van der Waals surface area contributed by atoms with E-state index in [2.05, 4.69) is 61.1 Å². The fourth-order valence-electron chi connectivity index (χ4n) is 12.7. The highest BCUT2D eigenvalue weighted by molar-refractivity contribution is 5.72. The van der Waals surface area contributed by atoms with Gasteiger partial charge in [0, 0.05) is 0 Å². The van der Waals surface area contributed by atoms with E-state index in [1.807, 2.05) is 6.07 Å². The molecule has 0 aromatic heterocycles. The first kappa shape index (κ1) is 27.6. The predicted octanol–water partition coefficient (Wildman–Crippen LogP) is 10.6. The largest absolute Gasteiger partial charge is 0.505 e. The van der Waals surface area contributed by atoms with Gasteiger partial charge in [-0.1, -0.05) is 72.3 Å². The van der Waals surface area contributed by atoms with E-state index in [0.29, 0.717) is 28.1 Å². The highest BCUT2D eigenvalue weighted by atomic mass is 19.1. The number of hydrogen-bond acceptors (Lipinski definition) is 1. The molecule has 0 radical (unpaired) electrons. The second-order valence-electron chi connectivity index (χ2n) is 16.1. The van der Waals surface area contributed by atoms with Crippen LogP contribution in [0, 0.1) is 62.5 Å². The zero-order chi connectivity index (χ0) is 28.2. The van der Waals surface area contributed by atoms with E-state index in [0.717, 1.165) is 29.7 Å². The molecule has 1 nitrogen and oxygen atoms in total. The summed E-state index contributed by atoms with van der Waals surface area (Å²) in [6.45, 7) is 22.2. The standard InChI is InChI=1S/C37H53FO/c1-9-37-19-14-25(23(2)3)32(37)27-11-13-31-34(6)17-15-26(24-10-12-29(39)28(38)22-24)33(4,5)30(34)16-18-36(31,8)35(27,7)20-21-37/h10,12,15,22,25,27,30-32,39H,2,9,11,13-14,16-21H2,1,3-8H3/t25-,27+,30-,31+,32+,34-,35+,36+,37+/m0/s1. The van der Waals surface area contributed by atoms with Gasteiger partial charge in [0.1, 0.15) is 0 Å². The first-order valence-corrected chi connectivity index (χ1v) is 16.1. The van der Waals surface area contributed by atoms with Crippen LogP contribution in [0.3, 0.4) is 0 Å². The number of aromatic hydroxyl groups is 1. The molecule has 5 aliphatic rings. The van der Waals surface area contributed by atoms with Crippen LogP contribution in [0.5, 0.6) is 5.75 Å². The van der Waals surface area contributed by atoms with Gasteiger partial charge in [0.25, 0.3) is 0 Å². The van der Waals surface area contributed by atoms with Crippen molar-refractivity contribution < 1.29 is 9.50 Å². The Morgan fingerprint density at radius 1 is 0.949 bits per heavy atom. The van der Waals surface area contributed by atoms with Gasteiger partial charge in [-0.2, -0.15) is 0 Å². The lowest BCUT2D eigenvalue weighted by molar-refractivity contribution is -0.225. The van der Waals surface area contributed by atoms with Crippen molar-refractivity contribution in [3.05, 3.63) is 47.8 Å². The highest BCUT2D eigenvalue weighted by Crippen LogP contribution is 2.78. The number of phenols is 1. The Morgan fingerprint density at radius 3 is 2.36 bits per heavy atom. The Labute approximate surface area is 237 Å². The van der Waals surface area contributed by atoms with E-state index in [4.69, 9.17) is 0 Å². The van der Waals surface area contributed by atoms with Crippen LogP contribution < -0.4 is 0 Å². The average Bonchev–Trinajstić information content (AvgIpc) is 3.26. The van der Waals surface area contributed by atoms with Gasteiger partial charge in [-0.15, -0.1) is 0 Å². The molecule has 0 aliphatic heterocycles. The molecule has 0 heterocycles. The monoisotopic (exact) mass is 532 g/mol. The van der Waals surface area contributed by atoms with Gasteiger partial charge in [0.05, 0.1) is 0 Å². The maximum Gasteiger partial charge on any atom is 0.165 e. The first-order valence-electron chi connectivity index (χ1n) is 16.1. The predicted molar refractivity (Wildman–Crippen MR) is 161 cm³/mol. The quantitative estimate of drug-likeness (QED) is 0.384. The van der Waals surface area contributed by atoms with Gasteiger partial charge in [0.2, 0.25) is 0 Å². The average molecular weight is 533 g/mol. The fourth-order valence-corrected chi connectivity index (χ4v) is 12.7. The van der Waals surface area contributed by atoms with E-state index < -0.39 is 5.82 Å². The number of hydrogen-bond donors (Lipinski definition) is 1. The van der Waals surface area contributed by atoms with E-state index in [1.165, 1.54) is 75.0 Å². The summed E-state index contributed by atoms with van der Waals surface area (Å²) in [6, 6.07) is 4.98. The summed E-state index contributed by atoms with van der Waals surface area (Å²) in [6.07, 6.45) is 15.8. The van der Waals surface area contributed by atoms with Crippen molar-refractivity contribution in [2.45, 2.75) is 113 Å². The van der Waals surface area contributed by atoms with Crippen molar-refractivity contribution in [2.24, 2.45) is 56.7 Å². The van der Waals surface area contributed by atoms with Crippen molar-refractivity contribution in [1.82, 2.24) is 0 Å². The maximum atomic E-state index is 14.4. The van der Waals surface area contributed by atoms with Gasteiger partial charge in [-0.3, -0.25) is 0 Å². The normalized spacial score (nSPS) is 46.4. The number of benzene rings is 1. The van der Waals surface area contributed by atoms with Crippen molar-refractivity contribution >= 4 is 5.57 Å². The van der Waals surface area contributed by atoms with Gasteiger partial charge < -0.3 is 5.11 Å². The molecule has 0 spiro atoms. The smallest absolute Gasteiger partial charge is 0.165 e. The third-order valence-electron chi connectivity index (χ3n) is 14.8. The lowest BCUT2D eigenvalue weighted by atomic mass is 9.32. The van der Waals surface area contributed by atoms with Gasteiger partial charge in [-0.05, 0) is 145 Å². The van der Waals surface area contributed by atoms with Gasteiger partial charge in [-0.25, -0.2) is 4.39 Å². The molecule has 4 fully saturated rings. The molecule has 0 unspecified atom stereocenters. The maximum absolute atomic E-state index is 14.4. The van der Waals surface area contributed by atoms with Crippen LogP contribution in [-0.4, -0.2) is 5.11 Å². The molecular weight excluding hydrogens is 479 g/mol. The second-order valence-corrected chi connectivity index (χ2v) is 16.1. The summed E-state index contributed by atoms with van der Waals surface area (Å²) < 4.78 is 14.4. The molecule has 39 heavy (non-hydrogen) atoms. The molecule has 0 bridgehead atoms. The Morgan fingerprint density at radius 2 is 1.69 bits per heavy atom. The first-order chi connectivity index (χ1) is 18.2. The van der Waals surface area contributed by atoms with E-state index in [-0.39, 0.29) is 16.6 Å². The summed E-state index contributed by atoms with van der Waals surface area (Å²) in [5.41, 5.74) is 5.17. The molecule has 4 saturated carbocycles. The lowest BCUT2D eigenvalue weighted by Gasteiger charge is -2.72. The molecular formula is C37H53FO. The summed E-state index contributed by atoms with van der Waals surface area (Å²) in [5, 5.41) is 9.81. The summed E-state index contributed by atoms with van der Waals surface area (Å²) in [4.78, 5) is 0. The Bertz CT molecular complexity index is 1210. The molecule has 9 atom stereocenters. The number of fused-ring (bicyclic) bond motifs is 7. The third-order valence-corrected chi connectivity index (χ3v) is 14.8. The van der Waals surface area contributed by atoms with Crippen LogP contribution in [0.15, 0.2) is 36.4 Å². The molecule has 0 saturated heterocycles. The zero-order valence-corrected chi connectivity index (χ0v) is 25.8. The topological polar surface area (TPSA) is 20.2 Å². The van der Waals surface area contributed by atoms with Crippen LogP contribution >= 0.6 is 0 Å². The molecule has 1 aromatic rings. The van der Waals surface area contributed by atoms with Gasteiger partial charge in [0.15, 0.2) is 11.6 Å². The summed E-state index contributed by atoms with van der Waals surface area (Å²) >= 11 is 0.